The molecule has 0 saturated heterocycles. The Kier molecular flexibility index (Phi) is 13.2. The van der Waals surface area contributed by atoms with E-state index >= 15 is 0 Å². The Morgan fingerprint density at radius 1 is 0.651 bits per heavy atom. The molecule has 2 saturated carbocycles. The number of alkyl halides is 4. The first-order chi connectivity index (χ1) is 30.4. The van der Waals surface area contributed by atoms with Gasteiger partial charge in [-0.25, -0.2) is 35.7 Å². The summed E-state index contributed by atoms with van der Waals surface area (Å²) in [6, 6.07) is 20.3. The van der Waals surface area contributed by atoms with E-state index in [1.54, 1.807) is 21.6 Å². The van der Waals surface area contributed by atoms with Crippen LogP contribution in [-0.4, -0.2) is 54.7 Å². The van der Waals surface area contributed by atoms with Crippen LogP contribution in [0.4, 0.5) is 26.3 Å². The maximum atomic E-state index is 14.3. The summed E-state index contributed by atoms with van der Waals surface area (Å²) < 4.78 is 94.0. The van der Waals surface area contributed by atoms with E-state index in [1.807, 2.05) is 43.5 Å². The molecule has 2 atom stereocenters. The summed E-state index contributed by atoms with van der Waals surface area (Å²) in [5, 5.41) is 34.8. The molecule has 3 aromatic carbocycles. The highest BCUT2D eigenvalue weighted by Gasteiger charge is 2.26. The summed E-state index contributed by atoms with van der Waals surface area (Å²) in [5.41, 5.74) is 4.12. The zero-order valence-electron chi connectivity index (χ0n) is 34.6. The normalized spacial score (nSPS) is 14.9. The van der Waals surface area contributed by atoms with E-state index in [1.165, 1.54) is 84.4 Å². The van der Waals surface area contributed by atoms with Crippen LogP contribution in [0.3, 0.4) is 0 Å². The third-order valence-corrected chi connectivity index (χ3v) is 10.9. The predicted molar refractivity (Wildman–Crippen MR) is 218 cm³/mol. The smallest absolute Gasteiger partial charge is 0.282 e. The molecule has 1 N–H and O–H groups in total. The van der Waals surface area contributed by atoms with Crippen molar-refractivity contribution < 1.29 is 36.2 Å². The van der Waals surface area contributed by atoms with E-state index in [2.05, 4.69) is 30.8 Å². The lowest BCUT2D eigenvalue weighted by molar-refractivity contribution is 0.0522. The molecule has 4 heterocycles. The molecule has 2 fully saturated rings. The van der Waals surface area contributed by atoms with Gasteiger partial charge in [0.2, 0.25) is 0 Å². The van der Waals surface area contributed by atoms with Gasteiger partial charge in [-0.05, 0) is 105 Å². The molecule has 0 radical (unpaired) electrons. The average molecular weight is 873 g/mol. The highest BCUT2D eigenvalue weighted by Crippen LogP contribution is 2.33. The van der Waals surface area contributed by atoms with E-state index in [0.29, 0.717) is 58.2 Å². The molecule has 2 aliphatic carbocycles. The molecule has 0 amide bonds. The van der Waals surface area contributed by atoms with Crippen LogP contribution in [0.2, 0.25) is 0 Å². The molecule has 63 heavy (non-hydrogen) atoms. The quantitative estimate of drug-likeness (QED) is 0.0898. The third kappa shape index (κ3) is 11.1. The van der Waals surface area contributed by atoms with Gasteiger partial charge in [0.15, 0.2) is 0 Å². The number of hydrogen-bond acceptors (Lipinski definition) is 8. The van der Waals surface area contributed by atoms with E-state index in [9.17, 15) is 31.4 Å². The highest BCUT2D eigenvalue weighted by atomic mass is 19.3. The van der Waals surface area contributed by atoms with Crippen LogP contribution in [0.15, 0.2) is 91.3 Å². The van der Waals surface area contributed by atoms with Gasteiger partial charge in [-0.1, -0.05) is 40.8 Å². The van der Waals surface area contributed by atoms with Crippen LogP contribution in [0.25, 0.3) is 11.4 Å². The van der Waals surface area contributed by atoms with Crippen molar-refractivity contribution in [3.8, 4) is 11.4 Å². The van der Waals surface area contributed by atoms with Gasteiger partial charge in [-0.2, -0.15) is 10.2 Å². The number of ether oxygens (including phenoxy) is 1. The lowest BCUT2D eigenvalue weighted by atomic mass is 10.1. The molecule has 2 aliphatic rings. The van der Waals surface area contributed by atoms with Crippen LogP contribution in [0.5, 0.6) is 0 Å². The molecule has 4 aromatic heterocycles. The van der Waals surface area contributed by atoms with E-state index < -0.39 is 36.7 Å². The molecule has 0 bridgehead atoms. The monoisotopic (exact) mass is 872 g/mol. The van der Waals surface area contributed by atoms with Gasteiger partial charge in [0.25, 0.3) is 12.9 Å². The SMILES string of the molecule is C[C@@H](O)c1cc(F)ccc1-n1nc(C(F)F)cc1Cc1cn(CC2CC2)nn1.C[C@@H](OCc1ccccc1)c1cc(F)ccc1-n1nc(C(F)F)cc1Cc1cn(CC2CC2)nn1. The zero-order valence-corrected chi connectivity index (χ0v) is 34.6. The van der Waals surface area contributed by atoms with Crippen LogP contribution >= 0.6 is 0 Å². The van der Waals surface area contributed by atoms with Crippen molar-refractivity contribution in [2.75, 3.05) is 0 Å². The lowest BCUT2D eigenvalue weighted by Crippen LogP contribution is -2.11. The zero-order chi connectivity index (χ0) is 44.2. The van der Waals surface area contributed by atoms with Crippen molar-refractivity contribution in [2.45, 2.75) is 97.1 Å². The van der Waals surface area contributed by atoms with Gasteiger partial charge in [-0.3, -0.25) is 9.36 Å². The average Bonchev–Trinajstić information content (AvgIpc) is 4.03. The summed E-state index contributed by atoms with van der Waals surface area (Å²) in [6.07, 6.45) is 1.92. The molecule has 9 rings (SSSR count). The van der Waals surface area contributed by atoms with Crippen molar-refractivity contribution in [3.05, 3.63) is 154 Å². The number of nitrogens with zero attached hydrogens (tertiary/aromatic N) is 10. The number of aromatic nitrogens is 10. The second kappa shape index (κ2) is 19.1. The summed E-state index contributed by atoms with van der Waals surface area (Å²) in [4.78, 5) is 0. The number of rotatable bonds is 17. The molecule has 330 valence electrons. The highest BCUT2D eigenvalue weighted by molar-refractivity contribution is 5.45. The van der Waals surface area contributed by atoms with Crippen LogP contribution in [0.1, 0.15) is 115 Å². The minimum absolute atomic E-state index is 0.237. The molecule has 0 unspecified atom stereocenters. The van der Waals surface area contributed by atoms with Gasteiger partial charge < -0.3 is 9.84 Å². The molecule has 7 aromatic rings. The van der Waals surface area contributed by atoms with Crippen molar-refractivity contribution in [3.63, 3.8) is 0 Å². The fourth-order valence-corrected chi connectivity index (χ4v) is 7.26. The van der Waals surface area contributed by atoms with Crippen molar-refractivity contribution in [2.24, 2.45) is 11.8 Å². The fourth-order valence-electron chi connectivity index (χ4n) is 7.26. The molecular formula is C45H46F6N10O2. The van der Waals surface area contributed by atoms with Crippen molar-refractivity contribution >= 4 is 0 Å². The Morgan fingerprint density at radius 2 is 1.13 bits per heavy atom. The Morgan fingerprint density at radius 3 is 1.59 bits per heavy atom. The van der Waals surface area contributed by atoms with E-state index in [-0.39, 0.29) is 29.8 Å². The summed E-state index contributed by atoms with van der Waals surface area (Å²) in [6.45, 7) is 5.24. The Hall–Kier alpha value is -6.14. The summed E-state index contributed by atoms with van der Waals surface area (Å²) in [7, 11) is 0. The minimum Gasteiger partial charge on any atom is -0.389 e. The Bertz CT molecular complexity index is 2620. The van der Waals surface area contributed by atoms with Crippen LogP contribution in [-0.2, 0) is 37.3 Å². The van der Waals surface area contributed by atoms with Crippen LogP contribution < -0.4 is 0 Å². The molecular weight excluding hydrogens is 827 g/mol. The second-order valence-corrected chi connectivity index (χ2v) is 16.2. The Balaban J connectivity index is 0.000000177. The molecule has 12 nitrogen and oxygen atoms in total. The molecule has 18 heteroatoms. The predicted octanol–water partition coefficient (Wildman–Crippen LogP) is 9.41. The molecule has 0 aliphatic heterocycles. The summed E-state index contributed by atoms with van der Waals surface area (Å²) >= 11 is 0. The fraction of sp³-hybridized carbons (Fsp3) is 0.378. The first-order valence-electron chi connectivity index (χ1n) is 20.8. The summed E-state index contributed by atoms with van der Waals surface area (Å²) in [5.74, 6) is 0.313. The van der Waals surface area contributed by atoms with E-state index in [0.717, 1.165) is 18.7 Å². The maximum Gasteiger partial charge on any atom is 0.282 e. The standard InChI is InChI=1S/C26H26F3N5O.C19H20F3N5O/c1-17(35-16-19-5-3-2-4-6-19)23-11-20(27)9-10-25(23)34-22(13-24(31-34)26(28)29)12-21-15-33(32-30-21)14-18-7-8-18;1-11(28)16-6-13(20)4-5-18(16)27-15(8-17(24-27)19(21)22)7-14-10-26(25-23-14)9-12-2-3-12/h2-6,9-11,13,15,17-18,26H,7-8,12,14,16H2,1H3;4-6,8,10-12,19,28H,2-3,7,9H2,1H3/t17-;11-/m11/s1. The van der Waals surface area contributed by atoms with Crippen LogP contribution in [0, 0.1) is 23.5 Å². The van der Waals surface area contributed by atoms with E-state index in [4.69, 9.17) is 4.74 Å². The number of hydrogen-bond donors (Lipinski definition) is 1. The number of benzene rings is 3. The van der Waals surface area contributed by atoms with Gasteiger partial charge in [0, 0.05) is 49.5 Å². The van der Waals surface area contributed by atoms with Gasteiger partial charge >= 0.3 is 0 Å². The number of aliphatic hydroxyl groups excluding tert-OH is 1. The first-order valence-corrected chi connectivity index (χ1v) is 20.8. The van der Waals surface area contributed by atoms with Crippen molar-refractivity contribution in [1.82, 2.24) is 49.5 Å². The first kappa shape index (κ1) is 43.5. The number of aliphatic hydroxyl groups is 1. The third-order valence-electron chi connectivity index (χ3n) is 10.9. The second-order valence-electron chi connectivity index (χ2n) is 16.2. The number of halogens is 6. The largest absolute Gasteiger partial charge is 0.389 e. The minimum atomic E-state index is -2.75. The van der Waals surface area contributed by atoms with Gasteiger partial charge in [0.05, 0.1) is 53.0 Å². The van der Waals surface area contributed by atoms with Gasteiger partial charge in [0.1, 0.15) is 23.0 Å². The topological polar surface area (TPSA) is 127 Å². The van der Waals surface area contributed by atoms with Gasteiger partial charge in [-0.15, -0.1) is 10.2 Å². The van der Waals surface area contributed by atoms with Crippen molar-refractivity contribution in [1.29, 1.82) is 0 Å². The Labute approximate surface area is 359 Å². The molecule has 0 spiro atoms. The lowest BCUT2D eigenvalue weighted by Gasteiger charge is -2.19. The maximum absolute atomic E-state index is 14.3.